The molecule has 1 N–H and O–H groups in total. The number of hydrogen-bond donors (Lipinski definition) is 1. The van der Waals surface area contributed by atoms with Crippen molar-refractivity contribution < 1.29 is 4.79 Å². The van der Waals surface area contributed by atoms with E-state index >= 15 is 0 Å². The second kappa shape index (κ2) is 7.85. The lowest BCUT2D eigenvalue weighted by Gasteiger charge is -2.13. The molecule has 0 radical (unpaired) electrons. The summed E-state index contributed by atoms with van der Waals surface area (Å²) in [6.07, 6.45) is 1.64. The fraction of sp³-hybridized carbons (Fsp3) is 0.211. The van der Waals surface area contributed by atoms with Crippen molar-refractivity contribution in [3.05, 3.63) is 71.9 Å². The average Bonchev–Trinajstić information content (AvgIpc) is 2.49. The molecule has 2 rings (SSSR count). The van der Waals surface area contributed by atoms with Crippen LogP contribution in [0.5, 0.6) is 0 Å². The second-order valence-electron chi connectivity index (χ2n) is 5.35. The van der Waals surface area contributed by atoms with Gasteiger partial charge in [0, 0.05) is 27.5 Å². The second-order valence-corrected chi connectivity index (χ2v) is 6.96. The molecule has 2 aromatic rings. The monoisotopic (exact) mass is 311 g/mol. The molecular formula is C19H21NOS. The molecule has 0 atom stereocenters. The van der Waals surface area contributed by atoms with Gasteiger partial charge in [0.15, 0.2) is 5.78 Å². The summed E-state index contributed by atoms with van der Waals surface area (Å²) in [4.78, 5) is 13.4. The molecule has 0 spiro atoms. The Morgan fingerprint density at radius 1 is 1.05 bits per heavy atom. The van der Waals surface area contributed by atoms with Crippen LogP contribution in [-0.2, 0) is 0 Å². The maximum atomic E-state index is 12.2. The standard InChI is InChI=1S/C19H21NOS/c1-14(2)22-19-12-8-7-11-17(19)20-15(3)13-18(21)16-9-5-4-6-10-16/h4-14,20H,1-3H3. The molecule has 2 aromatic carbocycles. The predicted molar refractivity (Wildman–Crippen MR) is 95.6 cm³/mol. The first kappa shape index (κ1) is 16.4. The summed E-state index contributed by atoms with van der Waals surface area (Å²) >= 11 is 1.81. The van der Waals surface area contributed by atoms with Gasteiger partial charge in [-0.2, -0.15) is 0 Å². The van der Waals surface area contributed by atoms with Crippen molar-refractivity contribution in [3.8, 4) is 0 Å². The van der Waals surface area contributed by atoms with Gasteiger partial charge in [0.05, 0.1) is 5.69 Å². The molecule has 0 aliphatic heterocycles. The van der Waals surface area contributed by atoms with E-state index in [9.17, 15) is 4.79 Å². The number of carbonyl (C=O) groups is 1. The van der Waals surface area contributed by atoms with Gasteiger partial charge >= 0.3 is 0 Å². The zero-order chi connectivity index (χ0) is 15.9. The third-order valence-corrected chi connectivity index (χ3v) is 4.07. The molecule has 2 nitrogen and oxygen atoms in total. The number of rotatable bonds is 6. The molecule has 0 saturated heterocycles. The Kier molecular flexibility index (Phi) is 5.84. The van der Waals surface area contributed by atoms with Crippen LogP contribution in [0.2, 0.25) is 0 Å². The van der Waals surface area contributed by atoms with Crippen LogP contribution in [0.4, 0.5) is 5.69 Å². The Bertz CT molecular complexity index is 662. The molecule has 0 fully saturated rings. The molecule has 22 heavy (non-hydrogen) atoms. The molecule has 0 aromatic heterocycles. The van der Waals surface area contributed by atoms with Gasteiger partial charge in [-0.05, 0) is 19.1 Å². The molecule has 114 valence electrons. The summed E-state index contributed by atoms with van der Waals surface area (Å²) in [5.74, 6) is 0.0135. The normalized spacial score (nSPS) is 11.5. The molecule has 0 saturated carbocycles. The lowest BCUT2D eigenvalue weighted by Crippen LogP contribution is -2.02. The van der Waals surface area contributed by atoms with Crippen LogP contribution in [0.3, 0.4) is 0 Å². The number of thioether (sulfide) groups is 1. The van der Waals surface area contributed by atoms with Crippen molar-refractivity contribution in [2.75, 3.05) is 5.32 Å². The maximum Gasteiger partial charge on any atom is 0.187 e. The number of benzene rings is 2. The summed E-state index contributed by atoms with van der Waals surface area (Å²) in [6.45, 7) is 6.25. The van der Waals surface area contributed by atoms with Gasteiger partial charge < -0.3 is 5.32 Å². The molecule has 0 aliphatic rings. The average molecular weight is 311 g/mol. The first-order chi connectivity index (χ1) is 10.6. The number of para-hydroxylation sites is 1. The minimum atomic E-state index is 0.0135. The fourth-order valence-electron chi connectivity index (χ4n) is 2.06. The van der Waals surface area contributed by atoms with Crippen LogP contribution >= 0.6 is 11.8 Å². The first-order valence-corrected chi connectivity index (χ1v) is 8.24. The van der Waals surface area contributed by atoms with Crippen LogP contribution in [0.15, 0.2) is 71.3 Å². The first-order valence-electron chi connectivity index (χ1n) is 7.36. The van der Waals surface area contributed by atoms with Crippen molar-refractivity contribution in [2.24, 2.45) is 0 Å². The third-order valence-electron chi connectivity index (χ3n) is 2.99. The minimum Gasteiger partial charge on any atom is -0.358 e. The largest absolute Gasteiger partial charge is 0.358 e. The number of hydrogen-bond acceptors (Lipinski definition) is 3. The van der Waals surface area contributed by atoms with E-state index in [4.69, 9.17) is 0 Å². The van der Waals surface area contributed by atoms with Gasteiger partial charge in [0.1, 0.15) is 0 Å². The lowest BCUT2D eigenvalue weighted by molar-refractivity contribution is 0.104. The van der Waals surface area contributed by atoms with Gasteiger partial charge in [-0.3, -0.25) is 4.79 Å². The topological polar surface area (TPSA) is 29.1 Å². The van der Waals surface area contributed by atoms with Gasteiger partial charge in [-0.15, -0.1) is 11.8 Å². The maximum absolute atomic E-state index is 12.2. The number of anilines is 1. The Morgan fingerprint density at radius 3 is 2.36 bits per heavy atom. The van der Waals surface area contributed by atoms with Crippen molar-refractivity contribution in [1.29, 1.82) is 0 Å². The van der Waals surface area contributed by atoms with E-state index in [1.54, 1.807) is 6.08 Å². The lowest BCUT2D eigenvalue weighted by atomic mass is 10.1. The van der Waals surface area contributed by atoms with Gasteiger partial charge in [-0.25, -0.2) is 0 Å². The van der Waals surface area contributed by atoms with E-state index in [1.807, 2.05) is 67.2 Å². The quantitative estimate of drug-likeness (QED) is 0.441. The molecule has 0 bridgehead atoms. The third kappa shape index (κ3) is 4.78. The number of ketones is 1. The summed E-state index contributed by atoms with van der Waals surface area (Å²) in [5, 5.41) is 3.85. The van der Waals surface area contributed by atoms with E-state index in [0.29, 0.717) is 10.8 Å². The van der Waals surface area contributed by atoms with Crippen molar-refractivity contribution in [2.45, 2.75) is 30.9 Å². The highest BCUT2D eigenvalue weighted by Crippen LogP contribution is 2.30. The zero-order valence-corrected chi connectivity index (χ0v) is 14.0. The van der Waals surface area contributed by atoms with Gasteiger partial charge in [0.25, 0.3) is 0 Å². The molecule has 0 heterocycles. The highest BCUT2D eigenvalue weighted by Gasteiger charge is 2.06. The van der Waals surface area contributed by atoms with Crippen LogP contribution in [0, 0.1) is 0 Å². The van der Waals surface area contributed by atoms with Gasteiger partial charge in [-0.1, -0.05) is 56.3 Å². The van der Waals surface area contributed by atoms with E-state index in [1.165, 1.54) is 4.90 Å². The zero-order valence-electron chi connectivity index (χ0n) is 13.2. The van der Waals surface area contributed by atoms with Gasteiger partial charge in [0.2, 0.25) is 0 Å². The van der Waals surface area contributed by atoms with E-state index in [-0.39, 0.29) is 5.78 Å². The highest BCUT2D eigenvalue weighted by atomic mass is 32.2. The summed E-state index contributed by atoms with van der Waals surface area (Å²) in [6, 6.07) is 17.5. The molecule has 0 amide bonds. The Balaban J connectivity index is 2.13. The Morgan fingerprint density at radius 2 is 1.68 bits per heavy atom. The number of nitrogens with one attached hydrogen (secondary N) is 1. The molecule has 0 aliphatic carbocycles. The predicted octanol–water partition coefficient (Wildman–Crippen LogP) is 5.39. The van der Waals surface area contributed by atoms with E-state index in [2.05, 4.69) is 25.2 Å². The Hall–Kier alpha value is -2.00. The number of carbonyl (C=O) groups excluding carboxylic acids is 1. The van der Waals surface area contributed by atoms with Crippen molar-refractivity contribution in [1.82, 2.24) is 0 Å². The summed E-state index contributed by atoms with van der Waals surface area (Å²) in [7, 11) is 0. The molecular weight excluding hydrogens is 290 g/mol. The van der Waals surface area contributed by atoms with E-state index < -0.39 is 0 Å². The Labute approximate surface area is 136 Å². The number of allylic oxidation sites excluding steroid dienone is 2. The smallest absolute Gasteiger partial charge is 0.187 e. The van der Waals surface area contributed by atoms with Crippen LogP contribution in [0.25, 0.3) is 0 Å². The van der Waals surface area contributed by atoms with Crippen LogP contribution in [0.1, 0.15) is 31.1 Å². The SMILES string of the molecule is CC(=CC(=O)c1ccccc1)Nc1ccccc1SC(C)C. The fourth-order valence-corrected chi connectivity index (χ4v) is 2.97. The van der Waals surface area contributed by atoms with E-state index in [0.717, 1.165) is 11.4 Å². The molecule has 0 unspecified atom stereocenters. The summed E-state index contributed by atoms with van der Waals surface area (Å²) < 4.78 is 0. The van der Waals surface area contributed by atoms with Crippen molar-refractivity contribution >= 4 is 23.2 Å². The molecule has 3 heteroatoms. The van der Waals surface area contributed by atoms with Crippen molar-refractivity contribution in [3.63, 3.8) is 0 Å². The minimum absolute atomic E-state index is 0.0135. The highest BCUT2D eigenvalue weighted by molar-refractivity contribution is 8.00. The summed E-state index contributed by atoms with van der Waals surface area (Å²) in [5.41, 5.74) is 2.58. The van der Waals surface area contributed by atoms with Crippen LogP contribution in [-0.4, -0.2) is 11.0 Å². The van der Waals surface area contributed by atoms with Crippen LogP contribution < -0.4 is 5.32 Å².